The number of halogens is 2. The Kier molecular flexibility index (Phi) is 2.40. The number of hydrogen-bond acceptors (Lipinski definition) is 4. The Morgan fingerprint density at radius 3 is 2.87 bits per heavy atom. The lowest BCUT2D eigenvalue weighted by Crippen LogP contribution is -2.01. The van der Waals surface area contributed by atoms with Gasteiger partial charge in [-0.3, -0.25) is 0 Å². The Hall–Kier alpha value is -1.85. The molecule has 0 spiro atoms. The molecule has 1 aromatic heterocycles. The fourth-order valence-corrected chi connectivity index (χ4v) is 1.14. The zero-order valence-corrected chi connectivity index (χ0v) is 7.74. The molecule has 0 aliphatic rings. The van der Waals surface area contributed by atoms with E-state index >= 15 is 0 Å². The number of nitrogens with zero attached hydrogens (tertiary/aromatic N) is 1. The van der Waals surface area contributed by atoms with Crippen LogP contribution >= 0.6 is 0 Å². The van der Waals surface area contributed by atoms with Gasteiger partial charge in [0.1, 0.15) is 11.3 Å². The normalized spacial score (nSPS) is 10.9. The molecule has 0 aliphatic heterocycles. The van der Waals surface area contributed by atoms with Crippen molar-refractivity contribution in [2.75, 3.05) is 7.11 Å². The summed E-state index contributed by atoms with van der Waals surface area (Å²) in [6.45, 7) is -2.94. The molecule has 0 atom stereocenters. The molecule has 0 saturated carbocycles. The standard InChI is InChI=1S/C9H7F2NO3/c1-13-5-2-3-6-7(4-5)14-9(12-6)15-8(10)11/h2-4,8H,1H3. The third kappa shape index (κ3) is 1.98. The van der Waals surface area contributed by atoms with Gasteiger partial charge in [0.05, 0.1) is 7.11 Å². The molecule has 0 unspecified atom stereocenters. The summed E-state index contributed by atoms with van der Waals surface area (Å²) < 4.78 is 37.6. The summed E-state index contributed by atoms with van der Waals surface area (Å²) in [5.74, 6) is 0.558. The van der Waals surface area contributed by atoms with Crippen molar-refractivity contribution in [1.82, 2.24) is 4.98 Å². The lowest BCUT2D eigenvalue weighted by molar-refractivity contribution is -0.0664. The molecule has 2 rings (SSSR count). The molecule has 0 fully saturated rings. The topological polar surface area (TPSA) is 44.5 Å². The van der Waals surface area contributed by atoms with E-state index in [9.17, 15) is 8.78 Å². The number of alkyl halides is 2. The van der Waals surface area contributed by atoms with Gasteiger partial charge in [0.25, 0.3) is 0 Å². The molecule has 80 valence electrons. The SMILES string of the molecule is COc1ccc2nc(OC(F)F)oc2c1. The van der Waals surface area contributed by atoms with E-state index < -0.39 is 12.7 Å². The largest absolute Gasteiger partial charge is 0.497 e. The molecule has 1 aromatic carbocycles. The summed E-state index contributed by atoms with van der Waals surface area (Å²) in [7, 11) is 1.49. The van der Waals surface area contributed by atoms with E-state index in [1.165, 1.54) is 7.11 Å². The third-order valence-electron chi connectivity index (χ3n) is 1.77. The first-order chi connectivity index (χ1) is 7.19. The summed E-state index contributed by atoms with van der Waals surface area (Å²) in [6, 6.07) is 4.79. The predicted octanol–water partition coefficient (Wildman–Crippen LogP) is 2.44. The molecule has 0 saturated heterocycles. The van der Waals surface area contributed by atoms with Crippen LogP contribution in [-0.2, 0) is 0 Å². The van der Waals surface area contributed by atoms with Crippen LogP contribution in [0.3, 0.4) is 0 Å². The van der Waals surface area contributed by atoms with Crippen LogP contribution in [0.1, 0.15) is 0 Å². The molecular formula is C9H7F2NO3. The van der Waals surface area contributed by atoms with Crippen LogP contribution in [0.4, 0.5) is 8.78 Å². The molecule has 4 nitrogen and oxygen atoms in total. The number of benzene rings is 1. The van der Waals surface area contributed by atoms with E-state index in [1.54, 1.807) is 18.2 Å². The third-order valence-corrected chi connectivity index (χ3v) is 1.77. The molecule has 0 radical (unpaired) electrons. The molecule has 6 heteroatoms. The summed E-state index contributed by atoms with van der Waals surface area (Å²) in [6.07, 6.45) is -0.451. The second kappa shape index (κ2) is 3.72. The van der Waals surface area contributed by atoms with Gasteiger partial charge in [-0.25, -0.2) is 0 Å². The lowest BCUT2D eigenvalue weighted by Gasteiger charge is -1.96. The molecule has 0 aliphatic carbocycles. The number of methoxy groups -OCH3 is 1. The van der Waals surface area contributed by atoms with Gasteiger partial charge in [-0.15, -0.1) is 0 Å². The summed E-state index contributed by atoms with van der Waals surface area (Å²) in [5.41, 5.74) is 0.774. The van der Waals surface area contributed by atoms with Crippen molar-refractivity contribution in [2.24, 2.45) is 0 Å². The van der Waals surface area contributed by atoms with Crippen molar-refractivity contribution >= 4 is 11.1 Å². The van der Waals surface area contributed by atoms with Gasteiger partial charge >= 0.3 is 12.7 Å². The molecule has 0 amide bonds. The van der Waals surface area contributed by atoms with Crippen molar-refractivity contribution in [2.45, 2.75) is 6.61 Å². The summed E-state index contributed by atoms with van der Waals surface area (Å²) in [4.78, 5) is 3.70. The zero-order valence-electron chi connectivity index (χ0n) is 7.74. The van der Waals surface area contributed by atoms with Crippen LogP contribution in [0.15, 0.2) is 22.6 Å². The van der Waals surface area contributed by atoms with Crippen LogP contribution < -0.4 is 9.47 Å². The van der Waals surface area contributed by atoms with Crippen LogP contribution in [-0.4, -0.2) is 18.7 Å². The molecule has 0 bridgehead atoms. The van der Waals surface area contributed by atoms with Gasteiger partial charge in [-0.2, -0.15) is 13.8 Å². The Balaban J connectivity index is 2.37. The number of hydrogen-bond donors (Lipinski definition) is 0. The van der Waals surface area contributed by atoms with E-state index in [1.807, 2.05) is 0 Å². The maximum atomic E-state index is 11.8. The molecule has 1 heterocycles. The number of ether oxygens (including phenoxy) is 2. The van der Waals surface area contributed by atoms with Gasteiger partial charge in [0.2, 0.25) is 0 Å². The van der Waals surface area contributed by atoms with Crippen molar-refractivity contribution in [1.29, 1.82) is 0 Å². The Labute approximate surface area is 83.4 Å². The Bertz CT molecular complexity index is 469. The molecule has 15 heavy (non-hydrogen) atoms. The average Bonchev–Trinajstić information content (AvgIpc) is 2.57. The highest BCUT2D eigenvalue weighted by Gasteiger charge is 2.12. The van der Waals surface area contributed by atoms with Crippen LogP contribution in [0, 0.1) is 0 Å². The highest BCUT2D eigenvalue weighted by atomic mass is 19.3. The van der Waals surface area contributed by atoms with E-state index in [-0.39, 0.29) is 0 Å². The van der Waals surface area contributed by atoms with E-state index in [0.717, 1.165) is 0 Å². The first-order valence-corrected chi connectivity index (χ1v) is 4.08. The van der Waals surface area contributed by atoms with E-state index in [2.05, 4.69) is 9.72 Å². The fourth-order valence-electron chi connectivity index (χ4n) is 1.14. The summed E-state index contributed by atoms with van der Waals surface area (Å²) >= 11 is 0. The number of fused-ring (bicyclic) bond motifs is 1. The number of rotatable bonds is 3. The van der Waals surface area contributed by atoms with Crippen LogP contribution in [0.5, 0.6) is 11.8 Å². The first-order valence-electron chi connectivity index (χ1n) is 4.08. The smallest absolute Gasteiger partial charge is 0.399 e. The van der Waals surface area contributed by atoms with Crippen molar-refractivity contribution in [3.8, 4) is 11.8 Å². The van der Waals surface area contributed by atoms with E-state index in [0.29, 0.717) is 16.8 Å². The van der Waals surface area contributed by atoms with Gasteiger partial charge < -0.3 is 13.9 Å². The Morgan fingerprint density at radius 1 is 1.40 bits per heavy atom. The van der Waals surface area contributed by atoms with Crippen LogP contribution in [0.2, 0.25) is 0 Å². The quantitative estimate of drug-likeness (QED) is 0.788. The maximum Gasteiger partial charge on any atom is 0.399 e. The zero-order chi connectivity index (χ0) is 10.8. The molecule has 2 aromatic rings. The fraction of sp³-hybridized carbons (Fsp3) is 0.222. The predicted molar refractivity (Wildman–Crippen MR) is 47.2 cm³/mol. The first kappa shape index (κ1) is 9.70. The monoisotopic (exact) mass is 215 g/mol. The number of oxazole rings is 1. The van der Waals surface area contributed by atoms with Gasteiger partial charge in [0.15, 0.2) is 5.58 Å². The lowest BCUT2D eigenvalue weighted by atomic mass is 10.3. The maximum absolute atomic E-state index is 11.8. The average molecular weight is 215 g/mol. The number of aromatic nitrogens is 1. The van der Waals surface area contributed by atoms with E-state index in [4.69, 9.17) is 9.15 Å². The minimum absolute atomic E-state index is 0.338. The van der Waals surface area contributed by atoms with Crippen LogP contribution in [0.25, 0.3) is 11.1 Å². The highest BCUT2D eigenvalue weighted by Crippen LogP contribution is 2.25. The van der Waals surface area contributed by atoms with Crippen molar-refractivity contribution in [3.05, 3.63) is 18.2 Å². The second-order valence-electron chi connectivity index (χ2n) is 2.69. The second-order valence-corrected chi connectivity index (χ2v) is 2.69. The highest BCUT2D eigenvalue weighted by molar-refractivity contribution is 5.74. The summed E-state index contributed by atoms with van der Waals surface area (Å²) in [5, 5.41) is 0. The van der Waals surface area contributed by atoms with Crippen molar-refractivity contribution in [3.63, 3.8) is 0 Å². The van der Waals surface area contributed by atoms with Gasteiger partial charge in [-0.1, -0.05) is 0 Å². The Morgan fingerprint density at radius 2 is 2.20 bits per heavy atom. The van der Waals surface area contributed by atoms with Gasteiger partial charge in [0, 0.05) is 6.07 Å². The molecule has 0 N–H and O–H groups in total. The molecular weight excluding hydrogens is 208 g/mol. The minimum Gasteiger partial charge on any atom is -0.497 e. The van der Waals surface area contributed by atoms with Crippen molar-refractivity contribution < 1.29 is 22.7 Å². The minimum atomic E-state index is -2.94. The van der Waals surface area contributed by atoms with Gasteiger partial charge in [-0.05, 0) is 12.1 Å².